The number of unbranched alkanes of at least 4 members (excludes halogenated alkanes) is 1. The Kier molecular flexibility index (Phi) is 6.17. The number of hydrogen-bond acceptors (Lipinski definition) is 5. The van der Waals surface area contributed by atoms with E-state index in [2.05, 4.69) is 19.7 Å². The highest BCUT2D eigenvalue weighted by molar-refractivity contribution is 7.89. The van der Waals surface area contributed by atoms with Crippen molar-refractivity contribution in [1.29, 1.82) is 0 Å². The fourth-order valence-electron chi connectivity index (χ4n) is 1.30. The van der Waals surface area contributed by atoms with Gasteiger partial charge < -0.3 is 9.84 Å². The van der Waals surface area contributed by atoms with Gasteiger partial charge in [0.15, 0.2) is 0 Å². The van der Waals surface area contributed by atoms with Crippen molar-refractivity contribution in [2.75, 3.05) is 18.8 Å². The zero-order chi connectivity index (χ0) is 12.6. The number of nitrogens with one attached hydrogen (secondary N) is 2. The molecule has 1 aromatic rings. The van der Waals surface area contributed by atoms with Crippen molar-refractivity contribution in [2.45, 2.75) is 26.3 Å². The molecule has 0 aliphatic heterocycles. The van der Waals surface area contributed by atoms with E-state index in [9.17, 15) is 8.42 Å². The van der Waals surface area contributed by atoms with Gasteiger partial charge in [-0.05, 0) is 25.9 Å². The number of rotatable bonds is 9. The first-order valence-corrected chi connectivity index (χ1v) is 7.36. The van der Waals surface area contributed by atoms with E-state index in [1.807, 2.05) is 6.92 Å². The predicted octanol–water partition coefficient (Wildman–Crippen LogP) is 0.484. The molecule has 0 unspecified atom stereocenters. The zero-order valence-electron chi connectivity index (χ0n) is 9.98. The molecule has 6 nitrogen and oxygen atoms in total. The van der Waals surface area contributed by atoms with Crippen LogP contribution >= 0.6 is 0 Å². The van der Waals surface area contributed by atoms with Crippen molar-refractivity contribution in [3.8, 4) is 0 Å². The highest BCUT2D eigenvalue weighted by atomic mass is 32.2. The molecule has 0 radical (unpaired) electrons. The smallest absolute Gasteiger partial charge is 0.211 e. The molecule has 0 spiro atoms. The van der Waals surface area contributed by atoms with Gasteiger partial charge in [0.1, 0.15) is 6.26 Å². The topological polar surface area (TPSA) is 84.2 Å². The van der Waals surface area contributed by atoms with E-state index < -0.39 is 10.0 Å². The fourth-order valence-corrected chi connectivity index (χ4v) is 2.40. The molecule has 0 aromatic carbocycles. The summed E-state index contributed by atoms with van der Waals surface area (Å²) in [5.74, 6) is 0.149. The SMILES string of the molecule is CCNCCCCS(=O)(=O)NCc1ccon1. The Morgan fingerprint density at radius 2 is 2.24 bits per heavy atom. The van der Waals surface area contributed by atoms with Crippen LogP contribution < -0.4 is 10.0 Å². The van der Waals surface area contributed by atoms with E-state index in [4.69, 9.17) is 0 Å². The quantitative estimate of drug-likeness (QED) is 0.632. The monoisotopic (exact) mass is 261 g/mol. The third-order valence-electron chi connectivity index (χ3n) is 2.23. The van der Waals surface area contributed by atoms with Crippen LogP contribution in [-0.4, -0.2) is 32.4 Å². The number of nitrogens with zero attached hydrogens (tertiary/aromatic N) is 1. The Labute approximate surface area is 102 Å². The lowest BCUT2D eigenvalue weighted by Crippen LogP contribution is -2.26. The van der Waals surface area contributed by atoms with Crippen LogP contribution in [0.25, 0.3) is 0 Å². The van der Waals surface area contributed by atoms with Crippen molar-refractivity contribution in [3.63, 3.8) is 0 Å². The van der Waals surface area contributed by atoms with Crippen LogP contribution in [0.4, 0.5) is 0 Å². The maximum Gasteiger partial charge on any atom is 0.211 e. The molecule has 0 atom stereocenters. The second-order valence-corrected chi connectivity index (χ2v) is 5.62. The van der Waals surface area contributed by atoms with Crippen LogP contribution in [0, 0.1) is 0 Å². The van der Waals surface area contributed by atoms with Crippen LogP contribution in [0.1, 0.15) is 25.5 Å². The normalized spacial score (nSPS) is 11.8. The molecule has 0 bridgehead atoms. The molecular formula is C10H19N3O3S. The molecule has 0 aliphatic carbocycles. The highest BCUT2D eigenvalue weighted by Crippen LogP contribution is 1.98. The lowest BCUT2D eigenvalue weighted by molar-refractivity contribution is 0.411. The number of aromatic nitrogens is 1. The first-order chi connectivity index (χ1) is 8.14. The fraction of sp³-hybridized carbons (Fsp3) is 0.700. The van der Waals surface area contributed by atoms with Crippen molar-refractivity contribution in [2.24, 2.45) is 0 Å². The largest absolute Gasteiger partial charge is 0.364 e. The molecule has 0 saturated carbocycles. The van der Waals surface area contributed by atoms with E-state index in [0.29, 0.717) is 12.1 Å². The Morgan fingerprint density at radius 3 is 2.88 bits per heavy atom. The van der Waals surface area contributed by atoms with Crippen molar-refractivity contribution in [1.82, 2.24) is 15.2 Å². The molecule has 1 aromatic heterocycles. The molecular weight excluding hydrogens is 242 g/mol. The average molecular weight is 261 g/mol. The van der Waals surface area contributed by atoms with E-state index in [1.54, 1.807) is 6.07 Å². The Balaban J connectivity index is 2.17. The maximum absolute atomic E-state index is 11.6. The molecule has 1 rings (SSSR count). The third-order valence-corrected chi connectivity index (χ3v) is 3.64. The highest BCUT2D eigenvalue weighted by Gasteiger charge is 2.10. The molecule has 0 fully saturated rings. The van der Waals surface area contributed by atoms with Gasteiger partial charge in [-0.25, -0.2) is 13.1 Å². The summed E-state index contributed by atoms with van der Waals surface area (Å²) in [5, 5.41) is 6.78. The molecule has 98 valence electrons. The summed E-state index contributed by atoms with van der Waals surface area (Å²) in [6, 6.07) is 1.63. The first kappa shape index (κ1) is 14.1. The molecule has 2 N–H and O–H groups in total. The average Bonchev–Trinajstić information content (AvgIpc) is 2.79. The molecule has 0 amide bonds. The molecule has 0 aliphatic rings. The van der Waals surface area contributed by atoms with Crippen LogP contribution in [0.3, 0.4) is 0 Å². The minimum atomic E-state index is -3.20. The van der Waals surface area contributed by atoms with Crippen molar-refractivity contribution in [3.05, 3.63) is 18.0 Å². The van der Waals surface area contributed by atoms with E-state index in [1.165, 1.54) is 6.26 Å². The van der Waals surface area contributed by atoms with Gasteiger partial charge in [-0.3, -0.25) is 0 Å². The van der Waals surface area contributed by atoms with Crippen LogP contribution in [0.2, 0.25) is 0 Å². The first-order valence-electron chi connectivity index (χ1n) is 5.71. The summed E-state index contributed by atoms with van der Waals surface area (Å²) in [5.41, 5.74) is 0.584. The maximum atomic E-state index is 11.6. The molecule has 7 heteroatoms. The zero-order valence-corrected chi connectivity index (χ0v) is 10.8. The van der Waals surface area contributed by atoms with E-state index in [0.717, 1.165) is 19.5 Å². The summed E-state index contributed by atoms with van der Waals surface area (Å²) in [6.07, 6.45) is 2.93. The van der Waals surface area contributed by atoms with Gasteiger partial charge >= 0.3 is 0 Å². The van der Waals surface area contributed by atoms with Crippen LogP contribution in [0.5, 0.6) is 0 Å². The van der Waals surface area contributed by atoms with Crippen molar-refractivity contribution >= 4 is 10.0 Å². The van der Waals surface area contributed by atoms with Crippen LogP contribution in [0.15, 0.2) is 16.9 Å². The summed E-state index contributed by atoms with van der Waals surface area (Å²) < 4.78 is 30.2. The second kappa shape index (κ2) is 7.41. The van der Waals surface area contributed by atoms with E-state index >= 15 is 0 Å². The Bertz CT molecular complexity index is 389. The molecule has 1 heterocycles. The van der Waals surface area contributed by atoms with Gasteiger partial charge in [0.05, 0.1) is 18.0 Å². The summed E-state index contributed by atoms with van der Waals surface area (Å²) >= 11 is 0. The summed E-state index contributed by atoms with van der Waals surface area (Å²) in [6.45, 7) is 3.98. The van der Waals surface area contributed by atoms with Gasteiger partial charge in [0.2, 0.25) is 10.0 Å². The standard InChI is InChI=1S/C10H19N3O3S/c1-2-11-6-3-4-8-17(14,15)12-9-10-5-7-16-13-10/h5,7,11-12H,2-4,6,8-9H2,1H3. The van der Waals surface area contributed by atoms with Gasteiger partial charge in [0, 0.05) is 6.07 Å². The summed E-state index contributed by atoms with van der Waals surface area (Å²) in [4.78, 5) is 0. The minimum Gasteiger partial charge on any atom is -0.364 e. The number of sulfonamides is 1. The predicted molar refractivity (Wildman–Crippen MR) is 64.9 cm³/mol. The third kappa shape index (κ3) is 6.40. The lowest BCUT2D eigenvalue weighted by Gasteiger charge is -2.05. The van der Waals surface area contributed by atoms with Gasteiger partial charge in [-0.2, -0.15) is 0 Å². The van der Waals surface area contributed by atoms with Gasteiger partial charge in [-0.1, -0.05) is 12.1 Å². The lowest BCUT2D eigenvalue weighted by atomic mass is 10.3. The Hall–Kier alpha value is -0.920. The molecule has 17 heavy (non-hydrogen) atoms. The van der Waals surface area contributed by atoms with Crippen molar-refractivity contribution < 1.29 is 12.9 Å². The molecule has 0 saturated heterocycles. The minimum absolute atomic E-state index is 0.149. The summed E-state index contributed by atoms with van der Waals surface area (Å²) in [7, 11) is -3.20. The Morgan fingerprint density at radius 1 is 1.41 bits per heavy atom. The van der Waals surface area contributed by atoms with E-state index in [-0.39, 0.29) is 12.3 Å². The van der Waals surface area contributed by atoms with Gasteiger partial charge in [0.25, 0.3) is 0 Å². The number of hydrogen-bond donors (Lipinski definition) is 2. The second-order valence-electron chi connectivity index (χ2n) is 3.69. The van der Waals surface area contributed by atoms with Gasteiger partial charge in [-0.15, -0.1) is 0 Å². The van der Waals surface area contributed by atoms with Crippen LogP contribution in [-0.2, 0) is 16.6 Å².